The van der Waals surface area contributed by atoms with Gasteiger partial charge in [0, 0.05) is 11.0 Å². The van der Waals surface area contributed by atoms with Gasteiger partial charge in [0.15, 0.2) is 5.16 Å². The number of aliphatic hydroxyl groups is 1. The number of benzene rings is 1. The van der Waals surface area contributed by atoms with E-state index >= 15 is 0 Å². The van der Waals surface area contributed by atoms with Gasteiger partial charge >= 0.3 is 0 Å². The van der Waals surface area contributed by atoms with Crippen LogP contribution in [-0.2, 0) is 0 Å². The van der Waals surface area contributed by atoms with Crippen molar-refractivity contribution in [3.05, 3.63) is 35.9 Å². The molecule has 0 aliphatic rings. The highest BCUT2D eigenvalue weighted by atomic mass is 32.2. The van der Waals surface area contributed by atoms with Gasteiger partial charge in [0.2, 0.25) is 0 Å². The first-order valence-electron chi connectivity index (χ1n) is 5.41. The van der Waals surface area contributed by atoms with Crippen molar-refractivity contribution in [1.82, 2.24) is 9.97 Å². The predicted octanol–water partition coefficient (Wildman–Crippen LogP) is 1.85. The van der Waals surface area contributed by atoms with Crippen LogP contribution in [0.5, 0.6) is 0 Å². The minimum absolute atomic E-state index is 0.333. The van der Waals surface area contributed by atoms with Crippen LogP contribution in [0.15, 0.2) is 40.4 Å². The van der Waals surface area contributed by atoms with Gasteiger partial charge in [-0.25, -0.2) is 9.97 Å². The molecule has 0 amide bonds. The molecule has 1 heterocycles. The minimum Gasteiger partial charge on any atom is -0.389 e. The van der Waals surface area contributed by atoms with E-state index in [0.29, 0.717) is 16.8 Å². The van der Waals surface area contributed by atoms with E-state index in [4.69, 9.17) is 11.5 Å². The van der Waals surface area contributed by atoms with Crippen LogP contribution >= 0.6 is 11.8 Å². The second kappa shape index (κ2) is 5.24. The second-order valence-electron chi connectivity index (χ2n) is 3.82. The topological polar surface area (TPSA) is 98.0 Å². The number of nitrogens with two attached hydrogens (primary N) is 2. The molecule has 0 bridgehead atoms. The van der Waals surface area contributed by atoms with Gasteiger partial charge in [-0.1, -0.05) is 18.2 Å². The molecule has 0 fully saturated rings. The molecule has 0 radical (unpaired) electrons. The number of aliphatic hydroxyl groups excluding tert-OH is 1. The lowest BCUT2D eigenvalue weighted by atomic mass is 10.1. The summed E-state index contributed by atoms with van der Waals surface area (Å²) in [4.78, 5) is 9.08. The van der Waals surface area contributed by atoms with Crippen LogP contribution in [0.4, 0.5) is 11.6 Å². The van der Waals surface area contributed by atoms with E-state index < -0.39 is 6.10 Å². The largest absolute Gasteiger partial charge is 0.389 e. The van der Waals surface area contributed by atoms with Gasteiger partial charge in [-0.15, -0.1) is 0 Å². The lowest BCUT2D eigenvalue weighted by Gasteiger charge is -2.10. The SMILES string of the molecule is C[C@H](O)c1ccccc1Sc1nc(N)cc(N)n1. The normalized spacial score (nSPS) is 12.3. The Morgan fingerprint density at radius 2 is 1.78 bits per heavy atom. The Bertz CT molecular complexity index is 539. The van der Waals surface area contributed by atoms with Crippen molar-refractivity contribution in [3.8, 4) is 0 Å². The van der Waals surface area contributed by atoms with Crippen LogP contribution in [0.25, 0.3) is 0 Å². The molecule has 1 aromatic heterocycles. The summed E-state index contributed by atoms with van der Waals surface area (Å²) in [7, 11) is 0. The molecule has 0 aliphatic heterocycles. The van der Waals surface area contributed by atoms with Gasteiger partial charge in [-0.05, 0) is 30.3 Å². The average molecular weight is 262 g/mol. The van der Waals surface area contributed by atoms with Crippen LogP contribution in [0.3, 0.4) is 0 Å². The van der Waals surface area contributed by atoms with Gasteiger partial charge < -0.3 is 16.6 Å². The standard InChI is InChI=1S/C12H14N4OS/c1-7(17)8-4-2-3-5-9(8)18-12-15-10(13)6-11(14)16-12/h2-7,17H,1H3,(H4,13,14,15,16)/t7-/m0/s1. The van der Waals surface area contributed by atoms with Gasteiger partial charge in [0.1, 0.15) is 11.6 Å². The van der Waals surface area contributed by atoms with Crippen molar-refractivity contribution in [2.75, 3.05) is 11.5 Å². The summed E-state index contributed by atoms with van der Waals surface area (Å²) in [6.07, 6.45) is -0.549. The number of rotatable bonds is 3. The van der Waals surface area contributed by atoms with E-state index in [2.05, 4.69) is 9.97 Å². The van der Waals surface area contributed by atoms with Crippen molar-refractivity contribution in [2.45, 2.75) is 23.1 Å². The highest BCUT2D eigenvalue weighted by molar-refractivity contribution is 7.99. The van der Waals surface area contributed by atoms with E-state index in [9.17, 15) is 5.11 Å². The van der Waals surface area contributed by atoms with Crippen LogP contribution in [-0.4, -0.2) is 15.1 Å². The molecule has 5 N–H and O–H groups in total. The molecule has 0 unspecified atom stereocenters. The molecule has 0 saturated heterocycles. The number of anilines is 2. The number of aromatic nitrogens is 2. The Kier molecular flexibility index (Phi) is 3.69. The lowest BCUT2D eigenvalue weighted by molar-refractivity contribution is 0.196. The van der Waals surface area contributed by atoms with E-state index in [0.717, 1.165) is 10.5 Å². The zero-order chi connectivity index (χ0) is 13.1. The van der Waals surface area contributed by atoms with E-state index in [1.807, 2.05) is 24.3 Å². The minimum atomic E-state index is -0.549. The number of nitrogen functional groups attached to an aromatic ring is 2. The molecule has 0 saturated carbocycles. The van der Waals surface area contributed by atoms with E-state index in [-0.39, 0.29) is 0 Å². The molecule has 18 heavy (non-hydrogen) atoms. The number of nitrogens with zero attached hydrogens (tertiary/aromatic N) is 2. The third-order valence-electron chi connectivity index (χ3n) is 2.32. The molecular weight excluding hydrogens is 248 g/mol. The fourth-order valence-electron chi connectivity index (χ4n) is 1.52. The Balaban J connectivity index is 2.34. The first-order chi connectivity index (χ1) is 8.56. The summed E-state index contributed by atoms with van der Waals surface area (Å²) in [5.41, 5.74) is 12.1. The molecule has 1 aromatic carbocycles. The maximum atomic E-state index is 9.69. The summed E-state index contributed by atoms with van der Waals surface area (Å²) in [5.74, 6) is 0.666. The highest BCUT2D eigenvalue weighted by Gasteiger charge is 2.10. The number of hydrogen-bond acceptors (Lipinski definition) is 6. The molecule has 0 spiro atoms. The fraction of sp³-hybridized carbons (Fsp3) is 0.167. The lowest BCUT2D eigenvalue weighted by Crippen LogP contribution is -2.00. The third kappa shape index (κ3) is 2.91. The maximum Gasteiger partial charge on any atom is 0.196 e. The Labute approximate surface area is 109 Å². The zero-order valence-electron chi connectivity index (χ0n) is 9.87. The van der Waals surface area contributed by atoms with Crippen molar-refractivity contribution >= 4 is 23.4 Å². The van der Waals surface area contributed by atoms with Crippen LogP contribution < -0.4 is 11.5 Å². The fourth-order valence-corrected chi connectivity index (χ4v) is 2.53. The number of hydrogen-bond donors (Lipinski definition) is 3. The first kappa shape index (κ1) is 12.7. The van der Waals surface area contributed by atoms with Crippen LogP contribution in [0.1, 0.15) is 18.6 Å². The first-order valence-corrected chi connectivity index (χ1v) is 6.23. The van der Waals surface area contributed by atoms with Gasteiger partial charge in [-0.2, -0.15) is 0 Å². The quantitative estimate of drug-likeness (QED) is 0.730. The molecular formula is C12H14N4OS. The molecule has 1 atom stereocenters. The molecule has 0 aliphatic carbocycles. The third-order valence-corrected chi connectivity index (χ3v) is 3.27. The summed E-state index contributed by atoms with van der Waals surface area (Å²) >= 11 is 1.33. The van der Waals surface area contributed by atoms with Gasteiger partial charge in [-0.3, -0.25) is 0 Å². The molecule has 2 aromatic rings. The van der Waals surface area contributed by atoms with Gasteiger partial charge in [0.25, 0.3) is 0 Å². The van der Waals surface area contributed by atoms with Gasteiger partial charge in [0.05, 0.1) is 6.10 Å². The second-order valence-corrected chi connectivity index (χ2v) is 4.83. The van der Waals surface area contributed by atoms with Crippen molar-refractivity contribution in [2.24, 2.45) is 0 Å². The zero-order valence-corrected chi connectivity index (χ0v) is 10.7. The Morgan fingerprint density at radius 3 is 2.39 bits per heavy atom. The molecule has 5 nitrogen and oxygen atoms in total. The molecule has 6 heteroatoms. The van der Waals surface area contributed by atoms with E-state index in [1.165, 1.54) is 17.8 Å². The van der Waals surface area contributed by atoms with Crippen molar-refractivity contribution in [3.63, 3.8) is 0 Å². The van der Waals surface area contributed by atoms with Crippen molar-refractivity contribution < 1.29 is 5.11 Å². The average Bonchev–Trinajstić information content (AvgIpc) is 2.27. The smallest absolute Gasteiger partial charge is 0.196 e. The Hall–Kier alpha value is -1.79. The highest BCUT2D eigenvalue weighted by Crippen LogP contribution is 2.31. The van der Waals surface area contributed by atoms with Crippen LogP contribution in [0, 0.1) is 0 Å². The summed E-state index contributed by atoms with van der Waals surface area (Å²) in [6, 6.07) is 9.04. The Morgan fingerprint density at radius 1 is 1.17 bits per heavy atom. The molecule has 2 rings (SSSR count). The maximum absolute atomic E-state index is 9.69. The van der Waals surface area contributed by atoms with Crippen molar-refractivity contribution in [1.29, 1.82) is 0 Å². The summed E-state index contributed by atoms with van der Waals surface area (Å²) < 4.78 is 0. The van der Waals surface area contributed by atoms with Crippen LogP contribution in [0.2, 0.25) is 0 Å². The predicted molar refractivity (Wildman–Crippen MR) is 72.1 cm³/mol. The molecule has 94 valence electrons. The monoisotopic (exact) mass is 262 g/mol. The summed E-state index contributed by atoms with van der Waals surface area (Å²) in [6.45, 7) is 1.72. The van der Waals surface area contributed by atoms with E-state index in [1.54, 1.807) is 6.92 Å². The summed E-state index contributed by atoms with van der Waals surface area (Å²) in [5, 5.41) is 10.2.